The largest absolute Gasteiger partial charge is 0.445 e. The summed E-state index contributed by atoms with van der Waals surface area (Å²) in [7, 11) is 0. The number of piperidine rings is 2. The zero-order valence-corrected chi connectivity index (χ0v) is 21.4. The van der Waals surface area contributed by atoms with E-state index in [1.54, 1.807) is 9.80 Å². The van der Waals surface area contributed by atoms with Gasteiger partial charge in [0.2, 0.25) is 0 Å². The predicted molar refractivity (Wildman–Crippen MR) is 130 cm³/mol. The predicted octanol–water partition coefficient (Wildman–Crippen LogP) is 4.85. The van der Waals surface area contributed by atoms with Crippen molar-refractivity contribution in [2.75, 3.05) is 19.6 Å². The number of nitrogens with zero attached hydrogens (tertiary/aromatic N) is 4. The lowest BCUT2D eigenvalue weighted by atomic mass is 10.0. The molecule has 2 fully saturated rings. The molecular formula is C26H36N4O6. The summed E-state index contributed by atoms with van der Waals surface area (Å²) in [5.41, 5.74) is 0.397. The molecular weight excluding hydrogens is 464 g/mol. The van der Waals surface area contributed by atoms with E-state index in [1.165, 1.54) is 0 Å². The standard InChI is InChI=1S/C26H36N4O6/c1-26(2,3)35-25(32)30-14-8-7-11-21(30)23-27-22(36-28-23)18-33-20-12-15-29(16-13-20)24(31)34-17-19-9-5-4-6-10-19/h4-6,9-10,20-21H,7-8,11-18H2,1-3H3/t21-/m0/s1. The molecule has 0 N–H and O–H groups in total. The Kier molecular flexibility index (Phi) is 8.45. The minimum absolute atomic E-state index is 0.00790. The maximum Gasteiger partial charge on any atom is 0.410 e. The molecule has 36 heavy (non-hydrogen) atoms. The lowest BCUT2D eigenvalue weighted by molar-refractivity contribution is -0.0130. The second-order valence-electron chi connectivity index (χ2n) is 10.3. The molecule has 0 aliphatic carbocycles. The normalized spacial score (nSPS) is 19.2. The van der Waals surface area contributed by atoms with Crippen molar-refractivity contribution in [3.63, 3.8) is 0 Å². The number of benzene rings is 1. The summed E-state index contributed by atoms with van der Waals surface area (Å²) < 4.78 is 22.4. The molecule has 2 aromatic rings. The van der Waals surface area contributed by atoms with Crippen LogP contribution >= 0.6 is 0 Å². The Morgan fingerprint density at radius 1 is 1.00 bits per heavy atom. The van der Waals surface area contributed by atoms with Crippen molar-refractivity contribution in [3.05, 3.63) is 47.6 Å². The number of carbonyl (C=O) groups is 2. The summed E-state index contributed by atoms with van der Waals surface area (Å²) in [6, 6.07) is 9.37. The topological polar surface area (TPSA) is 107 Å². The zero-order chi connectivity index (χ0) is 25.5. The van der Waals surface area contributed by atoms with E-state index in [9.17, 15) is 9.59 Å². The van der Waals surface area contributed by atoms with E-state index < -0.39 is 5.60 Å². The smallest absolute Gasteiger partial charge is 0.410 e. The fraction of sp³-hybridized carbons (Fsp3) is 0.615. The Labute approximate surface area is 211 Å². The Bertz CT molecular complexity index is 997. The third kappa shape index (κ3) is 7.19. The minimum Gasteiger partial charge on any atom is -0.445 e. The molecule has 1 aromatic carbocycles. The molecule has 0 bridgehead atoms. The first-order chi connectivity index (χ1) is 17.3. The van der Waals surface area contributed by atoms with Crippen molar-refractivity contribution in [2.24, 2.45) is 0 Å². The van der Waals surface area contributed by atoms with Crippen LogP contribution in [-0.4, -0.2) is 63.5 Å². The SMILES string of the molecule is CC(C)(C)OC(=O)N1CCCC[C@H]1c1noc(COC2CCN(C(=O)OCc3ccccc3)CC2)n1. The molecule has 2 aliphatic heterocycles. The van der Waals surface area contributed by atoms with Gasteiger partial charge in [-0.25, -0.2) is 9.59 Å². The summed E-state index contributed by atoms with van der Waals surface area (Å²) in [6.07, 6.45) is 3.40. The van der Waals surface area contributed by atoms with Crippen molar-refractivity contribution < 1.29 is 28.3 Å². The van der Waals surface area contributed by atoms with E-state index in [-0.39, 0.29) is 37.5 Å². The molecule has 10 nitrogen and oxygen atoms in total. The van der Waals surface area contributed by atoms with Gasteiger partial charge < -0.3 is 23.6 Å². The average Bonchev–Trinajstić information content (AvgIpc) is 3.35. The highest BCUT2D eigenvalue weighted by atomic mass is 16.6. The molecule has 196 valence electrons. The van der Waals surface area contributed by atoms with Gasteiger partial charge in [-0.05, 0) is 58.4 Å². The first-order valence-electron chi connectivity index (χ1n) is 12.7. The summed E-state index contributed by atoms with van der Waals surface area (Å²) in [5, 5.41) is 4.13. The number of rotatable bonds is 6. The van der Waals surface area contributed by atoms with Crippen LogP contribution in [0.4, 0.5) is 9.59 Å². The number of carbonyl (C=O) groups excluding carboxylic acids is 2. The van der Waals surface area contributed by atoms with Gasteiger partial charge in [0.25, 0.3) is 5.89 Å². The lowest BCUT2D eigenvalue weighted by Gasteiger charge is -2.35. The van der Waals surface area contributed by atoms with E-state index in [4.69, 9.17) is 18.7 Å². The van der Waals surface area contributed by atoms with Gasteiger partial charge in [-0.15, -0.1) is 0 Å². The van der Waals surface area contributed by atoms with Gasteiger partial charge in [-0.2, -0.15) is 4.98 Å². The molecule has 3 heterocycles. The van der Waals surface area contributed by atoms with Crippen LogP contribution < -0.4 is 0 Å². The number of hydrogen-bond donors (Lipinski definition) is 0. The monoisotopic (exact) mass is 500 g/mol. The molecule has 10 heteroatoms. The van der Waals surface area contributed by atoms with Crippen molar-refractivity contribution >= 4 is 12.2 Å². The van der Waals surface area contributed by atoms with Crippen LogP contribution in [0.5, 0.6) is 0 Å². The lowest BCUT2D eigenvalue weighted by Crippen LogP contribution is -2.42. The van der Waals surface area contributed by atoms with E-state index in [0.29, 0.717) is 44.2 Å². The summed E-state index contributed by atoms with van der Waals surface area (Å²) in [4.78, 5) is 32.9. The maximum atomic E-state index is 12.7. The Balaban J connectivity index is 1.22. The van der Waals surface area contributed by atoms with Crippen LogP contribution in [-0.2, 0) is 27.4 Å². The van der Waals surface area contributed by atoms with E-state index >= 15 is 0 Å². The van der Waals surface area contributed by atoms with Gasteiger partial charge in [0.15, 0.2) is 5.82 Å². The van der Waals surface area contributed by atoms with E-state index in [2.05, 4.69) is 10.1 Å². The molecule has 2 amide bonds. The minimum atomic E-state index is -0.566. The molecule has 2 saturated heterocycles. The van der Waals surface area contributed by atoms with Crippen LogP contribution in [0.1, 0.15) is 76.2 Å². The maximum absolute atomic E-state index is 12.7. The average molecular weight is 501 g/mol. The summed E-state index contributed by atoms with van der Waals surface area (Å²) >= 11 is 0. The number of aromatic nitrogens is 2. The summed E-state index contributed by atoms with van der Waals surface area (Å²) in [6.45, 7) is 7.76. The van der Waals surface area contributed by atoms with Crippen molar-refractivity contribution in [3.8, 4) is 0 Å². The molecule has 4 rings (SSSR count). The molecule has 0 radical (unpaired) electrons. The van der Waals surface area contributed by atoms with Gasteiger partial charge in [0.05, 0.1) is 12.1 Å². The van der Waals surface area contributed by atoms with Gasteiger partial charge >= 0.3 is 12.2 Å². The third-order valence-electron chi connectivity index (χ3n) is 6.26. The molecule has 2 aliphatic rings. The van der Waals surface area contributed by atoms with Crippen LogP contribution in [0.25, 0.3) is 0 Å². The Morgan fingerprint density at radius 2 is 1.75 bits per heavy atom. The third-order valence-corrected chi connectivity index (χ3v) is 6.26. The van der Waals surface area contributed by atoms with Gasteiger partial charge in [0.1, 0.15) is 18.8 Å². The Hall–Kier alpha value is -3.14. The van der Waals surface area contributed by atoms with Crippen LogP contribution in [0, 0.1) is 0 Å². The second kappa shape index (κ2) is 11.7. The van der Waals surface area contributed by atoms with Gasteiger partial charge in [-0.1, -0.05) is 35.5 Å². The molecule has 1 atom stereocenters. The number of hydrogen-bond acceptors (Lipinski definition) is 8. The van der Waals surface area contributed by atoms with Crippen molar-refractivity contribution in [2.45, 2.75) is 83.8 Å². The van der Waals surface area contributed by atoms with Crippen LogP contribution in [0.2, 0.25) is 0 Å². The Morgan fingerprint density at radius 3 is 2.47 bits per heavy atom. The highest BCUT2D eigenvalue weighted by molar-refractivity contribution is 5.69. The molecule has 0 spiro atoms. The highest BCUT2D eigenvalue weighted by Crippen LogP contribution is 2.31. The molecule has 1 aromatic heterocycles. The van der Waals surface area contributed by atoms with E-state index in [1.807, 2.05) is 51.1 Å². The van der Waals surface area contributed by atoms with Crippen LogP contribution in [0.3, 0.4) is 0 Å². The van der Waals surface area contributed by atoms with Crippen LogP contribution in [0.15, 0.2) is 34.9 Å². The first-order valence-corrected chi connectivity index (χ1v) is 12.7. The highest BCUT2D eigenvalue weighted by Gasteiger charge is 2.34. The van der Waals surface area contributed by atoms with Crippen molar-refractivity contribution in [1.29, 1.82) is 0 Å². The van der Waals surface area contributed by atoms with E-state index in [0.717, 1.165) is 24.8 Å². The fourth-order valence-electron chi connectivity index (χ4n) is 4.41. The number of ether oxygens (including phenoxy) is 3. The van der Waals surface area contributed by atoms with Crippen molar-refractivity contribution in [1.82, 2.24) is 19.9 Å². The van der Waals surface area contributed by atoms with Gasteiger partial charge in [-0.3, -0.25) is 4.90 Å². The quantitative estimate of drug-likeness (QED) is 0.554. The number of amides is 2. The second-order valence-corrected chi connectivity index (χ2v) is 10.3. The number of likely N-dealkylation sites (tertiary alicyclic amines) is 2. The zero-order valence-electron chi connectivity index (χ0n) is 21.4. The molecule has 0 unspecified atom stereocenters. The first kappa shape index (κ1) is 25.9. The molecule has 0 saturated carbocycles. The summed E-state index contributed by atoms with van der Waals surface area (Å²) in [5.74, 6) is 0.861. The van der Waals surface area contributed by atoms with Gasteiger partial charge in [0, 0.05) is 19.6 Å². The fourth-order valence-corrected chi connectivity index (χ4v) is 4.41.